The molecule has 0 spiro atoms. The lowest BCUT2D eigenvalue weighted by Crippen LogP contribution is -2.04. The van der Waals surface area contributed by atoms with Gasteiger partial charge in [0.05, 0.1) is 11.0 Å². The van der Waals surface area contributed by atoms with E-state index < -0.39 is 0 Å². The third-order valence-electron chi connectivity index (χ3n) is 3.93. The van der Waals surface area contributed by atoms with Gasteiger partial charge in [0.1, 0.15) is 5.82 Å². The topological polar surface area (TPSA) is 43.8 Å². The van der Waals surface area contributed by atoms with Crippen LogP contribution in [0.15, 0.2) is 46.9 Å². The summed E-state index contributed by atoms with van der Waals surface area (Å²) in [6, 6.07) is 14.3. The molecule has 0 saturated carbocycles. The zero-order valence-electron chi connectivity index (χ0n) is 12.2. The van der Waals surface area contributed by atoms with Gasteiger partial charge in [-0.05, 0) is 41.8 Å². The molecule has 0 aliphatic heterocycles. The molecule has 0 saturated heterocycles. The summed E-state index contributed by atoms with van der Waals surface area (Å²) in [7, 11) is 2.08. The monoisotopic (exact) mass is 343 g/mol. The van der Waals surface area contributed by atoms with Crippen LogP contribution in [-0.4, -0.2) is 9.55 Å². The van der Waals surface area contributed by atoms with Gasteiger partial charge in [-0.3, -0.25) is 0 Å². The molecule has 1 heterocycles. The molecule has 3 rings (SSSR count). The van der Waals surface area contributed by atoms with E-state index in [4.69, 9.17) is 10.7 Å². The van der Waals surface area contributed by atoms with Crippen molar-refractivity contribution in [2.45, 2.75) is 19.3 Å². The number of fused-ring (bicyclic) bond motifs is 1. The number of halogens is 1. The highest BCUT2D eigenvalue weighted by atomic mass is 79.9. The second-order valence-corrected chi connectivity index (χ2v) is 6.41. The molecule has 2 N–H and O–H groups in total. The molecule has 1 atom stereocenters. The lowest BCUT2D eigenvalue weighted by molar-refractivity contribution is 0.690. The fourth-order valence-electron chi connectivity index (χ4n) is 2.62. The number of hydrogen-bond donors (Lipinski definition) is 1. The predicted octanol–water partition coefficient (Wildman–Crippen LogP) is 4.26. The van der Waals surface area contributed by atoms with Crippen molar-refractivity contribution < 1.29 is 0 Å². The number of hydrogen-bond acceptors (Lipinski definition) is 2. The van der Waals surface area contributed by atoms with Crippen molar-refractivity contribution in [3.8, 4) is 0 Å². The normalized spacial score (nSPS) is 12.7. The molecule has 108 valence electrons. The molecular formula is C17H18BrN3. The Bertz CT molecular complexity index is 775. The number of benzene rings is 2. The van der Waals surface area contributed by atoms with Crippen LogP contribution < -0.4 is 5.73 Å². The predicted molar refractivity (Wildman–Crippen MR) is 91.4 cm³/mol. The molecule has 0 bridgehead atoms. The van der Waals surface area contributed by atoms with Crippen molar-refractivity contribution in [3.63, 3.8) is 0 Å². The van der Waals surface area contributed by atoms with E-state index in [0.29, 0.717) is 5.92 Å². The van der Waals surface area contributed by atoms with E-state index in [1.54, 1.807) is 0 Å². The van der Waals surface area contributed by atoms with E-state index in [1.807, 2.05) is 12.1 Å². The summed E-state index contributed by atoms with van der Waals surface area (Å²) in [5.74, 6) is 1.51. The smallest absolute Gasteiger partial charge is 0.110 e. The van der Waals surface area contributed by atoms with E-state index in [9.17, 15) is 0 Å². The molecule has 0 amide bonds. The van der Waals surface area contributed by atoms with Crippen LogP contribution in [0.1, 0.15) is 24.2 Å². The van der Waals surface area contributed by atoms with Crippen LogP contribution in [0.25, 0.3) is 11.0 Å². The Labute approximate surface area is 132 Å². The number of aryl methyl sites for hydroxylation is 1. The summed E-state index contributed by atoms with van der Waals surface area (Å²) in [5, 5.41) is 0. The molecule has 0 radical (unpaired) electrons. The second-order valence-electron chi connectivity index (χ2n) is 5.49. The van der Waals surface area contributed by atoms with E-state index in [-0.39, 0.29) is 0 Å². The van der Waals surface area contributed by atoms with Crippen LogP contribution in [0.2, 0.25) is 0 Å². The van der Waals surface area contributed by atoms with Gasteiger partial charge in [-0.1, -0.05) is 35.0 Å². The van der Waals surface area contributed by atoms with Crippen molar-refractivity contribution >= 4 is 32.7 Å². The summed E-state index contributed by atoms with van der Waals surface area (Å²) in [6.07, 6.45) is 0.909. The standard InChI is InChI=1S/C17H18BrN3/c1-11(12-3-6-14(19)7-4-12)9-17-20-15-10-13(18)5-8-16(15)21(17)2/h3-8,10-11H,9,19H2,1-2H3. The number of imidazole rings is 1. The van der Waals surface area contributed by atoms with Crippen molar-refractivity contribution in [1.29, 1.82) is 0 Å². The second kappa shape index (κ2) is 5.53. The Hall–Kier alpha value is -1.81. The molecule has 1 aromatic heterocycles. The number of nitrogens with two attached hydrogens (primary N) is 1. The van der Waals surface area contributed by atoms with Gasteiger partial charge in [-0.15, -0.1) is 0 Å². The zero-order chi connectivity index (χ0) is 15.0. The van der Waals surface area contributed by atoms with Gasteiger partial charge in [0.2, 0.25) is 0 Å². The van der Waals surface area contributed by atoms with E-state index in [2.05, 4.69) is 64.8 Å². The zero-order valence-corrected chi connectivity index (χ0v) is 13.8. The van der Waals surface area contributed by atoms with Crippen LogP contribution in [0.4, 0.5) is 5.69 Å². The van der Waals surface area contributed by atoms with Crippen LogP contribution in [0.3, 0.4) is 0 Å². The molecule has 4 heteroatoms. The van der Waals surface area contributed by atoms with Crippen molar-refractivity contribution in [2.75, 3.05) is 5.73 Å². The van der Waals surface area contributed by atoms with Crippen LogP contribution in [-0.2, 0) is 13.5 Å². The fourth-order valence-corrected chi connectivity index (χ4v) is 2.97. The maximum atomic E-state index is 5.75. The Morgan fingerprint density at radius 3 is 2.62 bits per heavy atom. The first kappa shape index (κ1) is 14.1. The van der Waals surface area contributed by atoms with E-state index in [0.717, 1.165) is 33.4 Å². The Morgan fingerprint density at radius 2 is 1.90 bits per heavy atom. The number of nitrogen functional groups attached to an aromatic ring is 1. The van der Waals surface area contributed by atoms with Gasteiger partial charge in [0.25, 0.3) is 0 Å². The van der Waals surface area contributed by atoms with Crippen molar-refractivity contribution in [2.24, 2.45) is 7.05 Å². The Kier molecular flexibility index (Phi) is 3.72. The molecule has 0 aliphatic rings. The number of nitrogens with zero attached hydrogens (tertiary/aromatic N) is 2. The summed E-state index contributed by atoms with van der Waals surface area (Å²) in [5.41, 5.74) is 10.0. The average molecular weight is 344 g/mol. The third kappa shape index (κ3) is 2.81. The highest BCUT2D eigenvalue weighted by molar-refractivity contribution is 9.10. The SMILES string of the molecule is CC(Cc1nc2cc(Br)ccc2n1C)c1ccc(N)cc1. The van der Waals surface area contributed by atoms with Gasteiger partial charge in [0, 0.05) is 23.6 Å². The summed E-state index contributed by atoms with van der Waals surface area (Å²) >= 11 is 3.50. The molecule has 0 fully saturated rings. The minimum Gasteiger partial charge on any atom is -0.399 e. The van der Waals surface area contributed by atoms with Gasteiger partial charge in [-0.2, -0.15) is 0 Å². The summed E-state index contributed by atoms with van der Waals surface area (Å²) in [6.45, 7) is 2.22. The average Bonchev–Trinajstić information content (AvgIpc) is 2.75. The van der Waals surface area contributed by atoms with Gasteiger partial charge >= 0.3 is 0 Å². The first-order valence-electron chi connectivity index (χ1n) is 7.01. The van der Waals surface area contributed by atoms with Gasteiger partial charge in [0.15, 0.2) is 0 Å². The minimum atomic E-state index is 0.407. The molecule has 0 aliphatic carbocycles. The molecule has 3 nitrogen and oxygen atoms in total. The van der Waals surface area contributed by atoms with E-state index in [1.165, 1.54) is 5.56 Å². The van der Waals surface area contributed by atoms with Crippen molar-refractivity contribution in [3.05, 3.63) is 58.3 Å². The molecule has 1 unspecified atom stereocenters. The fraction of sp³-hybridized carbons (Fsp3) is 0.235. The number of anilines is 1. The molecule has 21 heavy (non-hydrogen) atoms. The number of rotatable bonds is 3. The molecule has 2 aromatic carbocycles. The minimum absolute atomic E-state index is 0.407. The Morgan fingerprint density at radius 1 is 1.19 bits per heavy atom. The van der Waals surface area contributed by atoms with Gasteiger partial charge < -0.3 is 10.3 Å². The number of aromatic nitrogens is 2. The first-order chi connectivity index (χ1) is 10.0. The molecular weight excluding hydrogens is 326 g/mol. The Balaban J connectivity index is 1.90. The highest BCUT2D eigenvalue weighted by Gasteiger charge is 2.13. The maximum absolute atomic E-state index is 5.75. The quantitative estimate of drug-likeness (QED) is 0.722. The highest BCUT2D eigenvalue weighted by Crippen LogP contribution is 2.25. The lowest BCUT2D eigenvalue weighted by atomic mass is 9.97. The van der Waals surface area contributed by atoms with E-state index >= 15 is 0 Å². The lowest BCUT2D eigenvalue weighted by Gasteiger charge is -2.12. The first-order valence-corrected chi connectivity index (χ1v) is 7.80. The third-order valence-corrected chi connectivity index (χ3v) is 4.42. The van der Waals surface area contributed by atoms with Crippen molar-refractivity contribution in [1.82, 2.24) is 9.55 Å². The largest absolute Gasteiger partial charge is 0.399 e. The van der Waals surface area contributed by atoms with Crippen LogP contribution in [0, 0.1) is 0 Å². The summed E-state index contributed by atoms with van der Waals surface area (Å²) < 4.78 is 3.24. The van der Waals surface area contributed by atoms with Crippen LogP contribution >= 0.6 is 15.9 Å². The molecule has 3 aromatic rings. The maximum Gasteiger partial charge on any atom is 0.110 e. The summed E-state index contributed by atoms with van der Waals surface area (Å²) in [4.78, 5) is 4.76. The van der Waals surface area contributed by atoms with Crippen LogP contribution in [0.5, 0.6) is 0 Å². The van der Waals surface area contributed by atoms with Gasteiger partial charge in [-0.25, -0.2) is 4.98 Å².